The first kappa shape index (κ1) is 21.1. The minimum Gasteiger partial charge on any atom is -0.493 e. The fourth-order valence-corrected chi connectivity index (χ4v) is 3.44. The van der Waals surface area contributed by atoms with Crippen molar-refractivity contribution < 1.29 is 23.8 Å². The van der Waals surface area contributed by atoms with Gasteiger partial charge < -0.3 is 19.5 Å². The number of benzene rings is 1. The van der Waals surface area contributed by atoms with Crippen LogP contribution in [0.3, 0.4) is 0 Å². The zero-order valence-corrected chi connectivity index (χ0v) is 16.9. The molecule has 0 aromatic heterocycles. The molecule has 0 spiro atoms. The summed E-state index contributed by atoms with van der Waals surface area (Å²) in [6.07, 6.45) is 2.40. The first-order valence-electron chi connectivity index (χ1n) is 9.69. The molecule has 1 fully saturated rings. The van der Waals surface area contributed by atoms with E-state index in [4.69, 9.17) is 14.2 Å². The first-order chi connectivity index (χ1) is 12.9. The summed E-state index contributed by atoms with van der Waals surface area (Å²) in [6.45, 7) is 8.34. The molecule has 150 valence electrons. The van der Waals surface area contributed by atoms with Gasteiger partial charge in [-0.25, -0.2) is 4.79 Å². The number of carbonyl (C=O) groups excluding carboxylic acids is 2. The Balaban J connectivity index is 1.97. The van der Waals surface area contributed by atoms with E-state index in [0.717, 1.165) is 12.8 Å². The predicted octanol–water partition coefficient (Wildman–Crippen LogP) is 3.58. The molecule has 0 unspecified atom stereocenters. The molecule has 6 heteroatoms. The van der Waals surface area contributed by atoms with Crippen LogP contribution in [0.1, 0.15) is 57.3 Å². The predicted molar refractivity (Wildman–Crippen MR) is 103 cm³/mol. The number of carbonyl (C=O) groups is 2. The van der Waals surface area contributed by atoms with Crippen molar-refractivity contribution in [1.29, 1.82) is 0 Å². The Morgan fingerprint density at radius 1 is 1.22 bits per heavy atom. The maximum absolute atomic E-state index is 12.5. The lowest BCUT2D eigenvalue weighted by Gasteiger charge is -2.35. The molecule has 2 rings (SSSR count). The van der Waals surface area contributed by atoms with Crippen LogP contribution < -0.4 is 14.8 Å². The van der Waals surface area contributed by atoms with Crippen LogP contribution in [0.5, 0.6) is 11.5 Å². The minimum atomic E-state index is -0.862. The largest absolute Gasteiger partial charge is 0.493 e. The second kappa shape index (κ2) is 9.62. The number of hydrogen-bond acceptors (Lipinski definition) is 5. The van der Waals surface area contributed by atoms with Crippen molar-refractivity contribution in [2.75, 3.05) is 13.7 Å². The third-order valence-corrected chi connectivity index (χ3v) is 5.39. The molecule has 1 saturated carbocycles. The number of rotatable bonds is 7. The van der Waals surface area contributed by atoms with Crippen LogP contribution in [0, 0.1) is 11.8 Å². The van der Waals surface area contributed by atoms with Crippen LogP contribution in [0.2, 0.25) is 0 Å². The van der Waals surface area contributed by atoms with E-state index in [-0.39, 0.29) is 11.9 Å². The van der Waals surface area contributed by atoms with Gasteiger partial charge >= 0.3 is 5.97 Å². The standard InChI is InChI=1S/C21H31NO5/c1-6-26-18-11-10-16(12-19(18)25-5)21(24)27-15(4)20(23)22-17-9-7-8-13(2)14(17)3/h10-15,17H,6-9H2,1-5H3,(H,22,23)/t13-,14-,15-,17+/m0/s1. The number of esters is 1. The lowest BCUT2D eigenvalue weighted by molar-refractivity contribution is -0.130. The zero-order valence-electron chi connectivity index (χ0n) is 16.9. The number of nitrogens with one attached hydrogen (secondary N) is 1. The fraction of sp³-hybridized carbons (Fsp3) is 0.619. The topological polar surface area (TPSA) is 73.9 Å². The Labute approximate surface area is 161 Å². The smallest absolute Gasteiger partial charge is 0.339 e. The van der Waals surface area contributed by atoms with Gasteiger partial charge in [0, 0.05) is 6.04 Å². The summed E-state index contributed by atoms with van der Waals surface area (Å²) in [7, 11) is 1.51. The van der Waals surface area contributed by atoms with Crippen LogP contribution in [0.4, 0.5) is 0 Å². The highest BCUT2D eigenvalue weighted by molar-refractivity contribution is 5.92. The highest BCUT2D eigenvalue weighted by Crippen LogP contribution is 2.30. The van der Waals surface area contributed by atoms with Crippen LogP contribution in [0.25, 0.3) is 0 Å². The average Bonchev–Trinajstić information content (AvgIpc) is 2.65. The summed E-state index contributed by atoms with van der Waals surface area (Å²) in [4.78, 5) is 24.9. The molecule has 1 aromatic carbocycles. The number of amides is 1. The highest BCUT2D eigenvalue weighted by atomic mass is 16.5. The van der Waals surface area contributed by atoms with E-state index in [9.17, 15) is 9.59 Å². The van der Waals surface area contributed by atoms with Crippen LogP contribution in [0.15, 0.2) is 18.2 Å². The highest BCUT2D eigenvalue weighted by Gasteiger charge is 2.30. The van der Waals surface area contributed by atoms with Gasteiger partial charge in [-0.2, -0.15) is 0 Å². The van der Waals surface area contributed by atoms with E-state index in [1.807, 2.05) is 6.92 Å². The van der Waals surface area contributed by atoms with Crippen molar-refractivity contribution in [3.8, 4) is 11.5 Å². The molecule has 1 amide bonds. The van der Waals surface area contributed by atoms with Crippen molar-refractivity contribution in [2.45, 2.75) is 59.1 Å². The molecule has 27 heavy (non-hydrogen) atoms. The van der Waals surface area contributed by atoms with Gasteiger partial charge in [-0.1, -0.05) is 26.7 Å². The lowest BCUT2D eigenvalue weighted by atomic mass is 9.78. The molecule has 1 aliphatic rings. The molecule has 1 aliphatic carbocycles. The second-order valence-electron chi connectivity index (χ2n) is 7.23. The molecule has 4 atom stereocenters. The van der Waals surface area contributed by atoms with Crippen molar-refractivity contribution in [3.05, 3.63) is 23.8 Å². The van der Waals surface area contributed by atoms with Gasteiger partial charge in [0.2, 0.25) is 0 Å². The van der Waals surface area contributed by atoms with Crippen molar-refractivity contribution >= 4 is 11.9 Å². The quantitative estimate of drug-likeness (QED) is 0.735. The Hall–Kier alpha value is -2.24. The summed E-state index contributed by atoms with van der Waals surface area (Å²) in [5, 5.41) is 3.04. The third kappa shape index (κ3) is 5.37. The van der Waals surface area contributed by atoms with Crippen LogP contribution >= 0.6 is 0 Å². The van der Waals surface area contributed by atoms with Gasteiger partial charge in [0.15, 0.2) is 17.6 Å². The number of ether oxygens (including phenoxy) is 3. The van der Waals surface area contributed by atoms with E-state index in [0.29, 0.717) is 35.5 Å². The van der Waals surface area contributed by atoms with E-state index in [1.165, 1.54) is 13.5 Å². The average molecular weight is 377 g/mol. The summed E-state index contributed by atoms with van der Waals surface area (Å²) < 4.78 is 16.0. The van der Waals surface area contributed by atoms with Gasteiger partial charge in [-0.3, -0.25) is 4.79 Å². The molecular formula is C21H31NO5. The van der Waals surface area contributed by atoms with Gasteiger partial charge in [-0.05, 0) is 50.3 Å². The molecule has 1 aromatic rings. The van der Waals surface area contributed by atoms with E-state index >= 15 is 0 Å². The molecule has 1 N–H and O–H groups in total. The second-order valence-corrected chi connectivity index (χ2v) is 7.23. The maximum atomic E-state index is 12.5. The summed E-state index contributed by atoms with van der Waals surface area (Å²) in [6, 6.07) is 4.95. The van der Waals surface area contributed by atoms with Crippen LogP contribution in [-0.4, -0.2) is 37.7 Å². The molecule has 0 heterocycles. The van der Waals surface area contributed by atoms with Gasteiger partial charge in [0.25, 0.3) is 5.91 Å². The lowest BCUT2D eigenvalue weighted by Crippen LogP contribution is -2.47. The van der Waals surface area contributed by atoms with Crippen molar-refractivity contribution in [2.24, 2.45) is 11.8 Å². The summed E-state index contributed by atoms with van der Waals surface area (Å²) in [5.74, 6) is 1.19. The summed E-state index contributed by atoms with van der Waals surface area (Å²) in [5.41, 5.74) is 0.314. The SMILES string of the molecule is CCOc1ccc(C(=O)O[C@@H](C)C(=O)N[C@@H]2CCC[C@H](C)[C@@H]2C)cc1OC. The first-order valence-corrected chi connectivity index (χ1v) is 9.69. The van der Waals surface area contributed by atoms with Gasteiger partial charge in [0.1, 0.15) is 0 Å². The fourth-order valence-electron chi connectivity index (χ4n) is 3.44. The van der Waals surface area contributed by atoms with E-state index < -0.39 is 12.1 Å². The van der Waals surface area contributed by atoms with Crippen molar-refractivity contribution in [3.63, 3.8) is 0 Å². The van der Waals surface area contributed by atoms with Crippen molar-refractivity contribution in [1.82, 2.24) is 5.32 Å². The van der Waals surface area contributed by atoms with Gasteiger partial charge in [0.05, 0.1) is 19.3 Å². The van der Waals surface area contributed by atoms with Crippen LogP contribution in [-0.2, 0) is 9.53 Å². The number of methoxy groups -OCH3 is 1. The monoisotopic (exact) mass is 377 g/mol. The molecule has 0 radical (unpaired) electrons. The molecule has 0 aliphatic heterocycles. The van der Waals surface area contributed by atoms with E-state index in [1.54, 1.807) is 25.1 Å². The minimum absolute atomic E-state index is 0.132. The molecule has 0 bridgehead atoms. The normalized spacial score (nSPS) is 23.2. The summed E-state index contributed by atoms with van der Waals surface area (Å²) >= 11 is 0. The molecule has 6 nitrogen and oxygen atoms in total. The molecular weight excluding hydrogens is 346 g/mol. The number of hydrogen-bond donors (Lipinski definition) is 1. The Bertz CT molecular complexity index is 660. The Morgan fingerprint density at radius 3 is 2.63 bits per heavy atom. The molecule has 0 saturated heterocycles. The van der Waals surface area contributed by atoms with Gasteiger partial charge in [-0.15, -0.1) is 0 Å². The Morgan fingerprint density at radius 2 is 1.96 bits per heavy atom. The van der Waals surface area contributed by atoms with E-state index in [2.05, 4.69) is 19.2 Å². The third-order valence-electron chi connectivity index (χ3n) is 5.39. The zero-order chi connectivity index (χ0) is 20.0. The Kier molecular flexibility index (Phi) is 7.51. The maximum Gasteiger partial charge on any atom is 0.339 e.